The van der Waals surface area contributed by atoms with Crippen LogP contribution in [-0.2, 0) is 4.43 Å². The van der Waals surface area contributed by atoms with Gasteiger partial charge in [0.1, 0.15) is 0 Å². The summed E-state index contributed by atoms with van der Waals surface area (Å²) in [4.78, 5) is 0. The van der Waals surface area contributed by atoms with Gasteiger partial charge in [-0.3, -0.25) is 0 Å². The maximum atomic E-state index is 9.64. The van der Waals surface area contributed by atoms with Crippen LogP contribution in [0.4, 0.5) is 0 Å². The molecular weight excluding hydrogens is 216 g/mol. The quantitative estimate of drug-likeness (QED) is 0.548. The fourth-order valence-electron chi connectivity index (χ4n) is 1.45. The molecule has 2 nitrogen and oxygen atoms in total. The van der Waals surface area contributed by atoms with E-state index in [-0.39, 0.29) is 5.04 Å². The van der Waals surface area contributed by atoms with Gasteiger partial charge in [0.15, 0.2) is 8.32 Å². The summed E-state index contributed by atoms with van der Waals surface area (Å²) in [5, 5.41) is 9.85. The Kier molecular flexibility index (Phi) is 5.94. The minimum atomic E-state index is -1.78. The molecule has 0 spiro atoms. The Morgan fingerprint density at radius 3 is 2.25 bits per heavy atom. The van der Waals surface area contributed by atoms with Gasteiger partial charge in [-0.15, -0.1) is 6.58 Å². The molecule has 0 amide bonds. The average Bonchev–Trinajstić information content (AvgIpc) is 2.15. The third-order valence-corrected chi connectivity index (χ3v) is 8.64. The highest BCUT2D eigenvalue weighted by molar-refractivity contribution is 6.74. The van der Waals surface area contributed by atoms with Crippen molar-refractivity contribution in [3.8, 4) is 0 Å². The molecule has 0 saturated heterocycles. The summed E-state index contributed by atoms with van der Waals surface area (Å²) in [7, 11) is -1.78. The first kappa shape index (κ1) is 15.9. The molecule has 0 fully saturated rings. The minimum Gasteiger partial charge on any atom is -0.414 e. The highest BCUT2D eigenvalue weighted by Crippen LogP contribution is 2.44. The summed E-state index contributed by atoms with van der Waals surface area (Å²) in [5.41, 5.74) is 0. The SMILES string of the molecule is C=CCC(O)CO[Si](C)(C)C(C)(C)C(C)C. The van der Waals surface area contributed by atoms with Crippen LogP contribution in [0.25, 0.3) is 0 Å². The maximum absolute atomic E-state index is 9.64. The molecular formula is C13H28O2Si. The van der Waals surface area contributed by atoms with E-state index in [1.807, 2.05) is 0 Å². The fraction of sp³-hybridized carbons (Fsp3) is 0.846. The zero-order chi connectivity index (χ0) is 13.0. The lowest BCUT2D eigenvalue weighted by molar-refractivity contribution is 0.1000. The molecule has 0 aromatic heterocycles. The molecule has 0 radical (unpaired) electrons. The first-order chi connectivity index (χ1) is 7.15. The topological polar surface area (TPSA) is 29.5 Å². The third kappa shape index (κ3) is 4.04. The third-order valence-electron chi connectivity index (χ3n) is 4.07. The molecule has 0 saturated carbocycles. The van der Waals surface area contributed by atoms with Crippen LogP contribution in [0.1, 0.15) is 34.1 Å². The lowest BCUT2D eigenvalue weighted by Crippen LogP contribution is -2.46. The largest absolute Gasteiger partial charge is 0.414 e. The Bertz CT molecular complexity index is 222. The minimum absolute atomic E-state index is 0.209. The van der Waals surface area contributed by atoms with Gasteiger partial charge in [-0.1, -0.05) is 33.8 Å². The van der Waals surface area contributed by atoms with E-state index in [0.29, 0.717) is 18.9 Å². The van der Waals surface area contributed by atoms with Crippen molar-refractivity contribution in [2.45, 2.75) is 58.4 Å². The molecule has 0 aromatic carbocycles. The van der Waals surface area contributed by atoms with E-state index in [0.717, 1.165) is 0 Å². The summed E-state index contributed by atoms with van der Waals surface area (Å²) in [6.07, 6.45) is 1.93. The normalized spacial score (nSPS) is 15.2. The summed E-state index contributed by atoms with van der Waals surface area (Å²) in [6, 6.07) is 0. The monoisotopic (exact) mass is 244 g/mol. The molecule has 3 heteroatoms. The van der Waals surface area contributed by atoms with E-state index in [1.54, 1.807) is 6.08 Å². The van der Waals surface area contributed by atoms with Gasteiger partial charge in [-0.05, 0) is 30.5 Å². The van der Waals surface area contributed by atoms with Crippen LogP contribution in [0.5, 0.6) is 0 Å². The van der Waals surface area contributed by atoms with E-state index >= 15 is 0 Å². The van der Waals surface area contributed by atoms with Gasteiger partial charge in [0.25, 0.3) is 0 Å². The Balaban J connectivity index is 4.39. The summed E-state index contributed by atoms with van der Waals surface area (Å²) in [6.45, 7) is 17.5. The predicted molar refractivity (Wildman–Crippen MR) is 73.1 cm³/mol. The number of aliphatic hydroxyl groups excluding tert-OH is 1. The van der Waals surface area contributed by atoms with Crippen molar-refractivity contribution in [1.29, 1.82) is 0 Å². The Labute approximate surface area is 102 Å². The molecule has 0 rings (SSSR count). The van der Waals surface area contributed by atoms with Crippen LogP contribution >= 0.6 is 0 Å². The maximum Gasteiger partial charge on any atom is 0.192 e. The first-order valence-electron chi connectivity index (χ1n) is 6.08. The molecule has 16 heavy (non-hydrogen) atoms. The van der Waals surface area contributed by atoms with E-state index < -0.39 is 14.4 Å². The van der Waals surface area contributed by atoms with Crippen molar-refractivity contribution in [3.63, 3.8) is 0 Å². The van der Waals surface area contributed by atoms with Crippen molar-refractivity contribution >= 4 is 8.32 Å². The number of rotatable bonds is 7. The molecule has 96 valence electrons. The highest BCUT2D eigenvalue weighted by Gasteiger charge is 2.43. The Morgan fingerprint density at radius 2 is 1.88 bits per heavy atom. The van der Waals surface area contributed by atoms with Crippen LogP contribution in [0.15, 0.2) is 12.7 Å². The second-order valence-corrected chi connectivity index (χ2v) is 10.5. The van der Waals surface area contributed by atoms with Crippen molar-refractivity contribution < 1.29 is 9.53 Å². The molecule has 0 aliphatic rings. The van der Waals surface area contributed by atoms with Crippen LogP contribution in [0.3, 0.4) is 0 Å². The van der Waals surface area contributed by atoms with Crippen molar-refractivity contribution in [2.24, 2.45) is 5.92 Å². The molecule has 0 aliphatic carbocycles. The van der Waals surface area contributed by atoms with Gasteiger partial charge in [0.05, 0.1) is 12.7 Å². The fourth-order valence-corrected chi connectivity index (χ4v) is 3.82. The highest BCUT2D eigenvalue weighted by atomic mass is 28.4. The van der Waals surface area contributed by atoms with Crippen LogP contribution in [0, 0.1) is 5.92 Å². The van der Waals surface area contributed by atoms with Crippen LogP contribution < -0.4 is 0 Å². The molecule has 1 atom stereocenters. The number of hydrogen-bond acceptors (Lipinski definition) is 2. The summed E-state index contributed by atoms with van der Waals surface area (Å²) < 4.78 is 6.01. The number of hydrogen-bond donors (Lipinski definition) is 1. The molecule has 1 unspecified atom stereocenters. The molecule has 1 N–H and O–H groups in total. The van der Waals surface area contributed by atoms with Gasteiger partial charge in [-0.25, -0.2) is 0 Å². The second kappa shape index (κ2) is 5.99. The molecule has 0 heterocycles. The molecule has 0 aromatic rings. The van der Waals surface area contributed by atoms with Gasteiger partial charge in [0, 0.05) is 0 Å². The number of aliphatic hydroxyl groups is 1. The first-order valence-corrected chi connectivity index (χ1v) is 8.99. The molecule has 0 aliphatic heterocycles. The Hall–Kier alpha value is -0.123. The van der Waals surface area contributed by atoms with E-state index in [9.17, 15) is 5.11 Å². The zero-order valence-corrected chi connectivity index (χ0v) is 12.7. The van der Waals surface area contributed by atoms with Gasteiger partial charge in [-0.2, -0.15) is 0 Å². The average molecular weight is 244 g/mol. The zero-order valence-electron chi connectivity index (χ0n) is 11.7. The van der Waals surface area contributed by atoms with E-state index in [4.69, 9.17) is 4.43 Å². The van der Waals surface area contributed by atoms with Crippen molar-refractivity contribution in [1.82, 2.24) is 0 Å². The summed E-state index contributed by atoms with van der Waals surface area (Å²) >= 11 is 0. The van der Waals surface area contributed by atoms with Gasteiger partial charge < -0.3 is 9.53 Å². The van der Waals surface area contributed by atoms with Gasteiger partial charge in [0.2, 0.25) is 0 Å². The van der Waals surface area contributed by atoms with Gasteiger partial charge >= 0.3 is 0 Å². The summed E-state index contributed by atoms with van der Waals surface area (Å²) in [5.74, 6) is 0.589. The van der Waals surface area contributed by atoms with Crippen molar-refractivity contribution in [2.75, 3.05) is 6.61 Å². The van der Waals surface area contributed by atoms with Crippen LogP contribution in [-0.4, -0.2) is 26.1 Å². The van der Waals surface area contributed by atoms with E-state index in [2.05, 4.69) is 47.4 Å². The second-order valence-electron chi connectivity index (χ2n) is 5.88. The molecule has 0 bridgehead atoms. The van der Waals surface area contributed by atoms with E-state index in [1.165, 1.54) is 0 Å². The van der Waals surface area contributed by atoms with Crippen molar-refractivity contribution in [3.05, 3.63) is 12.7 Å². The standard InChI is InChI=1S/C13H28O2Si/c1-8-9-12(14)10-15-16(6,7)13(4,5)11(2)3/h8,11-12,14H,1,9-10H2,2-7H3. The lowest BCUT2D eigenvalue weighted by Gasteiger charge is -2.42. The smallest absolute Gasteiger partial charge is 0.192 e. The predicted octanol–water partition coefficient (Wildman–Crippen LogP) is 3.58. The Morgan fingerprint density at radius 1 is 1.38 bits per heavy atom. The van der Waals surface area contributed by atoms with Crippen LogP contribution in [0.2, 0.25) is 18.1 Å². The lowest BCUT2D eigenvalue weighted by atomic mass is 9.99.